The fourth-order valence-electron chi connectivity index (χ4n) is 5.50. The summed E-state index contributed by atoms with van der Waals surface area (Å²) in [6.07, 6.45) is 1.89. The van der Waals surface area contributed by atoms with E-state index in [0.717, 1.165) is 0 Å². The van der Waals surface area contributed by atoms with E-state index in [1.54, 1.807) is 49.9 Å². The van der Waals surface area contributed by atoms with Gasteiger partial charge in [-0.1, -0.05) is 18.2 Å². The van der Waals surface area contributed by atoms with Crippen LogP contribution in [0.4, 0.5) is 9.18 Å². The summed E-state index contributed by atoms with van der Waals surface area (Å²) >= 11 is 0. The van der Waals surface area contributed by atoms with E-state index < -0.39 is 35.4 Å². The van der Waals surface area contributed by atoms with Crippen LogP contribution in [0.5, 0.6) is 5.75 Å². The summed E-state index contributed by atoms with van der Waals surface area (Å²) in [7, 11) is 1.53. The second kappa shape index (κ2) is 18.7. The number of amidine groups is 1. The summed E-state index contributed by atoms with van der Waals surface area (Å²) in [5, 5.41) is 5.66. The number of ether oxygens (including phenoxy) is 3. The highest BCUT2D eigenvalue weighted by atomic mass is 19.1. The molecule has 13 heteroatoms. The van der Waals surface area contributed by atoms with Crippen molar-refractivity contribution < 1.29 is 33.0 Å². The van der Waals surface area contributed by atoms with E-state index >= 15 is 4.39 Å². The van der Waals surface area contributed by atoms with Crippen molar-refractivity contribution in [2.24, 2.45) is 10.7 Å². The van der Waals surface area contributed by atoms with Crippen molar-refractivity contribution in [2.75, 3.05) is 46.4 Å². The molecule has 1 aliphatic heterocycles. The zero-order chi connectivity index (χ0) is 38.7. The lowest BCUT2D eigenvalue weighted by Crippen LogP contribution is -2.56. The van der Waals surface area contributed by atoms with E-state index in [2.05, 4.69) is 27.1 Å². The number of benzene rings is 2. The van der Waals surface area contributed by atoms with Gasteiger partial charge in [0, 0.05) is 63.2 Å². The molecule has 0 spiro atoms. The van der Waals surface area contributed by atoms with Gasteiger partial charge in [-0.15, -0.1) is 6.58 Å². The zero-order valence-electron chi connectivity index (χ0n) is 32.0. The monoisotopic (exact) mass is 722 g/mol. The van der Waals surface area contributed by atoms with Crippen molar-refractivity contribution in [3.8, 4) is 5.75 Å². The molecule has 12 nitrogen and oxygen atoms in total. The standard InChI is InChI=1S/C39H55FN6O6/c1-11-29-22-45(15-16-46(29)38(49)52-39(7,8)9)23-34(28-13-12-25(4)32(40)19-28)51-33-18-26(5)30(20-31(33)36(47)42-14-17-50-10)37(48)44-35(27(6)21-41)43-24(2)3/h11-13,18-21,24,29,34H,1,14-17,22-23,41H2,2-10H3,(H,42,47)(H,43,44,48)/b27-21-/t29?,34-/m1/s1. The molecule has 284 valence electrons. The molecule has 52 heavy (non-hydrogen) atoms. The van der Waals surface area contributed by atoms with Gasteiger partial charge in [0.2, 0.25) is 0 Å². The highest BCUT2D eigenvalue weighted by Gasteiger charge is 2.34. The summed E-state index contributed by atoms with van der Waals surface area (Å²) in [5.74, 6) is -0.838. The summed E-state index contributed by atoms with van der Waals surface area (Å²) < 4.78 is 32.4. The molecule has 1 saturated heterocycles. The SMILES string of the molecule is C=CC1CN(C[C@@H](Oc2cc(C)c(C(=O)NC(=NC(C)C)/C(C)=C\N)cc2C(=O)NCCOC)c2ccc(C)c(F)c2)CCN1C(=O)OC(C)(C)C. The maximum atomic E-state index is 15.0. The number of aliphatic imine (C=N–C) groups is 1. The Labute approximate surface area is 307 Å². The summed E-state index contributed by atoms with van der Waals surface area (Å²) in [4.78, 5) is 48.6. The number of nitrogens with one attached hydrogen (secondary N) is 2. The van der Waals surface area contributed by atoms with E-state index in [0.29, 0.717) is 54.3 Å². The third-order valence-corrected chi connectivity index (χ3v) is 8.31. The molecule has 1 aliphatic rings. The average molecular weight is 723 g/mol. The molecule has 1 unspecified atom stereocenters. The quantitative estimate of drug-likeness (QED) is 0.107. The van der Waals surface area contributed by atoms with Gasteiger partial charge in [0.25, 0.3) is 11.8 Å². The van der Waals surface area contributed by atoms with Gasteiger partial charge in [0.15, 0.2) is 0 Å². The fourth-order valence-corrected chi connectivity index (χ4v) is 5.50. The van der Waals surface area contributed by atoms with Crippen LogP contribution in [0.25, 0.3) is 0 Å². The van der Waals surface area contributed by atoms with Crippen LogP contribution in [0.15, 0.2) is 59.8 Å². The lowest BCUT2D eigenvalue weighted by molar-refractivity contribution is 0.00126. The highest BCUT2D eigenvalue weighted by Crippen LogP contribution is 2.31. The Morgan fingerprint density at radius 1 is 1.10 bits per heavy atom. The molecule has 1 heterocycles. The highest BCUT2D eigenvalue weighted by molar-refractivity contribution is 6.13. The molecular formula is C39H55FN6O6. The van der Waals surface area contributed by atoms with Crippen molar-refractivity contribution in [2.45, 2.75) is 79.2 Å². The Hall–Kier alpha value is -4.75. The molecule has 2 aromatic carbocycles. The van der Waals surface area contributed by atoms with Crippen LogP contribution in [0, 0.1) is 19.7 Å². The first-order chi connectivity index (χ1) is 24.5. The van der Waals surface area contributed by atoms with Crippen LogP contribution < -0.4 is 21.1 Å². The van der Waals surface area contributed by atoms with Crippen LogP contribution in [0.2, 0.25) is 0 Å². The van der Waals surface area contributed by atoms with Gasteiger partial charge in [0.05, 0.1) is 18.2 Å². The normalized spacial score (nSPS) is 16.4. The number of aryl methyl sites for hydroxylation is 2. The molecule has 0 saturated carbocycles. The van der Waals surface area contributed by atoms with Crippen LogP contribution in [0.1, 0.15) is 85.1 Å². The Bertz CT molecular complexity index is 1670. The summed E-state index contributed by atoms with van der Waals surface area (Å²) in [6.45, 7) is 20.4. The number of carbonyl (C=O) groups excluding carboxylic acids is 3. The number of carbonyl (C=O) groups is 3. The average Bonchev–Trinajstić information content (AvgIpc) is 3.07. The number of nitrogens with two attached hydrogens (primary N) is 1. The lowest BCUT2D eigenvalue weighted by atomic mass is 10.0. The zero-order valence-corrected chi connectivity index (χ0v) is 32.0. The predicted octanol–water partition coefficient (Wildman–Crippen LogP) is 5.45. The van der Waals surface area contributed by atoms with Crippen LogP contribution in [0.3, 0.4) is 0 Å². The molecule has 2 aromatic rings. The fraction of sp³-hybridized carbons (Fsp3) is 0.487. The number of hydrogen-bond donors (Lipinski definition) is 3. The van der Waals surface area contributed by atoms with Crippen LogP contribution in [-0.2, 0) is 9.47 Å². The lowest BCUT2D eigenvalue weighted by Gasteiger charge is -2.41. The molecule has 4 N–H and O–H groups in total. The Morgan fingerprint density at radius 2 is 1.81 bits per heavy atom. The van der Waals surface area contributed by atoms with Crippen molar-refractivity contribution in [1.82, 2.24) is 20.4 Å². The van der Waals surface area contributed by atoms with E-state index in [9.17, 15) is 14.4 Å². The van der Waals surface area contributed by atoms with Crippen molar-refractivity contribution in [3.05, 3.63) is 88.4 Å². The Balaban J connectivity index is 2.04. The van der Waals surface area contributed by atoms with Gasteiger partial charge in [-0.2, -0.15) is 0 Å². The molecule has 3 rings (SSSR count). The van der Waals surface area contributed by atoms with Gasteiger partial charge in [-0.25, -0.2) is 9.18 Å². The number of hydrogen-bond acceptors (Lipinski definition) is 9. The number of methoxy groups -OCH3 is 1. The predicted molar refractivity (Wildman–Crippen MR) is 201 cm³/mol. The van der Waals surface area contributed by atoms with E-state index in [-0.39, 0.29) is 42.1 Å². The number of rotatable bonds is 13. The van der Waals surface area contributed by atoms with Gasteiger partial charge >= 0.3 is 6.09 Å². The van der Waals surface area contributed by atoms with Crippen molar-refractivity contribution in [3.63, 3.8) is 0 Å². The smallest absolute Gasteiger partial charge is 0.410 e. The second-order valence-corrected chi connectivity index (χ2v) is 14.1. The van der Waals surface area contributed by atoms with Crippen LogP contribution in [-0.4, -0.2) is 97.7 Å². The van der Waals surface area contributed by atoms with E-state index in [4.69, 9.17) is 19.9 Å². The molecule has 0 aromatic heterocycles. The minimum absolute atomic E-state index is 0.108. The molecule has 0 bridgehead atoms. The van der Waals surface area contributed by atoms with Gasteiger partial charge in [-0.05, 0) is 90.3 Å². The van der Waals surface area contributed by atoms with Gasteiger partial charge in [-0.3, -0.25) is 24.4 Å². The van der Waals surface area contributed by atoms with Gasteiger partial charge < -0.3 is 30.6 Å². The minimum atomic E-state index is -0.750. The first-order valence-corrected chi connectivity index (χ1v) is 17.4. The second-order valence-electron chi connectivity index (χ2n) is 14.1. The molecular weight excluding hydrogens is 667 g/mol. The third-order valence-electron chi connectivity index (χ3n) is 8.31. The maximum Gasteiger partial charge on any atom is 0.410 e. The third kappa shape index (κ3) is 11.6. The molecule has 3 amide bonds. The number of nitrogens with zero attached hydrogens (tertiary/aromatic N) is 3. The van der Waals surface area contributed by atoms with Gasteiger partial charge in [0.1, 0.15) is 29.1 Å². The maximum absolute atomic E-state index is 15.0. The summed E-state index contributed by atoms with van der Waals surface area (Å²) in [5.41, 5.74) is 7.57. The first-order valence-electron chi connectivity index (χ1n) is 17.4. The Kier molecular flexibility index (Phi) is 14.9. The first kappa shape index (κ1) is 41.7. The molecule has 1 fully saturated rings. The number of halogens is 1. The minimum Gasteiger partial charge on any atom is -0.484 e. The van der Waals surface area contributed by atoms with E-state index in [1.165, 1.54) is 25.4 Å². The van der Waals surface area contributed by atoms with Crippen molar-refractivity contribution in [1.29, 1.82) is 0 Å². The largest absolute Gasteiger partial charge is 0.484 e. The molecule has 2 atom stereocenters. The number of piperazine rings is 1. The molecule has 0 radical (unpaired) electrons. The topological polar surface area (TPSA) is 148 Å². The van der Waals surface area contributed by atoms with Crippen molar-refractivity contribution >= 4 is 23.7 Å². The molecule has 0 aliphatic carbocycles. The van der Waals surface area contributed by atoms with Crippen LogP contribution >= 0.6 is 0 Å². The van der Waals surface area contributed by atoms with E-state index in [1.807, 2.05) is 34.6 Å². The Morgan fingerprint density at radius 3 is 2.40 bits per heavy atom. The summed E-state index contributed by atoms with van der Waals surface area (Å²) in [6, 6.07) is 7.56. The number of amides is 3.